The van der Waals surface area contributed by atoms with E-state index in [2.05, 4.69) is 10.6 Å². The molecule has 29 heavy (non-hydrogen) atoms. The zero-order valence-electron chi connectivity index (χ0n) is 17.1. The number of carbonyl (C=O) groups excluding carboxylic acids is 3. The van der Waals surface area contributed by atoms with Crippen molar-refractivity contribution < 1.29 is 19.2 Å². The van der Waals surface area contributed by atoms with Crippen LogP contribution >= 0.6 is 0 Å². The molecule has 0 aliphatic heterocycles. The molecule has 2 N–H and O–H groups in total. The van der Waals surface area contributed by atoms with E-state index in [1.54, 1.807) is 12.1 Å². The molecule has 0 radical (unpaired) electrons. The molecule has 1 aromatic rings. The van der Waals surface area contributed by atoms with Crippen LogP contribution in [0.5, 0.6) is 0 Å². The molecule has 7 heteroatoms. The minimum atomic E-state index is -0.778. The van der Waals surface area contributed by atoms with Crippen LogP contribution in [0.3, 0.4) is 0 Å². The average Bonchev–Trinajstić information content (AvgIpc) is 2.70. The summed E-state index contributed by atoms with van der Waals surface area (Å²) in [5, 5.41) is 6.56. The van der Waals surface area contributed by atoms with Gasteiger partial charge in [-0.1, -0.05) is 12.1 Å². The van der Waals surface area contributed by atoms with Gasteiger partial charge in [0.25, 0.3) is 0 Å². The van der Waals surface area contributed by atoms with Gasteiger partial charge in [-0.05, 0) is 74.0 Å². The molecule has 0 heterocycles. The van der Waals surface area contributed by atoms with Gasteiger partial charge in [0.05, 0.1) is 7.11 Å². The van der Waals surface area contributed by atoms with E-state index in [-0.39, 0.29) is 11.3 Å². The first-order chi connectivity index (χ1) is 13.9. The summed E-state index contributed by atoms with van der Waals surface area (Å²) in [6, 6.07) is 7.15. The van der Waals surface area contributed by atoms with Gasteiger partial charge in [-0.25, -0.2) is 5.06 Å². The summed E-state index contributed by atoms with van der Waals surface area (Å²) >= 11 is 0. The van der Waals surface area contributed by atoms with Crippen molar-refractivity contribution in [1.29, 1.82) is 0 Å². The lowest BCUT2D eigenvalue weighted by molar-refractivity contribution is -0.171. The summed E-state index contributed by atoms with van der Waals surface area (Å²) in [5.74, 6) is 0.901. The number of hydrogen-bond acceptors (Lipinski definition) is 4. The van der Waals surface area contributed by atoms with Crippen LogP contribution in [0.1, 0.15) is 44.1 Å². The van der Waals surface area contributed by atoms with Gasteiger partial charge < -0.3 is 10.6 Å². The molecule has 4 bridgehead atoms. The Morgan fingerprint density at radius 3 is 2.10 bits per heavy atom. The van der Waals surface area contributed by atoms with Gasteiger partial charge in [0, 0.05) is 24.7 Å². The molecular formula is C22H29N3O4. The number of anilines is 1. The van der Waals surface area contributed by atoms with Crippen LogP contribution in [0.15, 0.2) is 24.3 Å². The number of amides is 3. The van der Waals surface area contributed by atoms with E-state index in [0.29, 0.717) is 12.2 Å². The highest BCUT2D eigenvalue weighted by molar-refractivity contribution is 6.39. The number of nitrogens with zero attached hydrogens (tertiary/aromatic N) is 1. The Kier molecular flexibility index (Phi) is 5.34. The van der Waals surface area contributed by atoms with Gasteiger partial charge in [-0.2, -0.15) is 0 Å². The molecule has 5 rings (SSSR count). The number of hydroxylamine groups is 2. The van der Waals surface area contributed by atoms with Crippen LogP contribution in [0.4, 0.5) is 5.69 Å². The van der Waals surface area contributed by atoms with Crippen LogP contribution in [-0.4, -0.2) is 36.9 Å². The van der Waals surface area contributed by atoms with Crippen LogP contribution in [0, 0.1) is 23.2 Å². The van der Waals surface area contributed by atoms with Crippen molar-refractivity contribution in [2.75, 3.05) is 19.5 Å². The molecule has 4 aliphatic rings. The molecule has 3 amide bonds. The van der Waals surface area contributed by atoms with Crippen LogP contribution in [0.25, 0.3) is 0 Å². The minimum absolute atomic E-state index is 0.142. The zero-order valence-corrected chi connectivity index (χ0v) is 17.1. The third kappa shape index (κ3) is 4.01. The van der Waals surface area contributed by atoms with E-state index in [4.69, 9.17) is 4.84 Å². The zero-order chi connectivity index (χ0) is 20.6. The SMILES string of the molecule is CON(C)C(=O)C(=O)Nc1ccc(CNC(=O)C23CC4CC(CC(C4)C2)C3)cc1. The molecule has 0 atom stereocenters. The number of likely N-dealkylation sites (N-methyl/N-ethyl adjacent to an activating group) is 1. The summed E-state index contributed by atoms with van der Waals surface area (Å²) in [4.78, 5) is 41.3. The second-order valence-corrected chi connectivity index (χ2v) is 9.02. The fourth-order valence-corrected chi connectivity index (χ4v) is 5.87. The van der Waals surface area contributed by atoms with Gasteiger partial charge in [0.2, 0.25) is 5.91 Å². The van der Waals surface area contributed by atoms with Gasteiger partial charge in [-0.3, -0.25) is 19.2 Å². The lowest BCUT2D eigenvalue weighted by Crippen LogP contribution is -2.53. The summed E-state index contributed by atoms with van der Waals surface area (Å²) in [7, 11) is 2.69. The highest BCUT2D eigenvalue weighted by atomic mass is 16.7. The second kappa shape index (κ2) is 7.78. The van der Waals surface area contributed by atoms with Crippen LogP contribution in [0.2, 0.25) is 0 Å². The third-order valence-corrected chi connectivity index (χ3v) is 6.94. The molecule has 0 unspecified atom stereocenters. The van der Waals surface area contributed by atoms with E-state index in [0.717, 1.165) is 47.6 Å². The largest absolute Gasteiger partial charge is 0.352 e. The van der Waals surface area contributed by atoms with Crippen molar-refractivity contribution in [3.8, 4) is 0 Å². The number of carbonyl (C=O) groups is 3. The number of benzene rings is 1. The predicted molar refractivity (Wildman–Crippen MR) is 107 cm³/mol. The highest BCUT2D eigenvalue weighted by Crippen LogP contribution is 2.60. The molecule has 0 saturated heterocycles. The summed E-state index contributed by atoms with van der Waals surface area (Å²) in [6.45, 7) is 0.472. The van der Waals surface area contributed by atoms with E-state index in [1.807, 2.05) is 12.1 Å². The molecule has 4 aliphatic carbocycles. The molecule has 4 saturated carbocycles. The first-order valence-corrected chi connectivity index (χ1v) is 10.4. The minimum Gasteiger partial charge on any atom is -0.352 e. The molecule has 1 aromatic carbocycles. The third-order valence-electron chi connectivity index (χ3n) is 6.94. The quantitative estimate of drug-likeness (QED) is 0.588. The molecule has 4 fully saturated rings. The van der Waals surface area contributed by atoms with E-state index >= 15 is 0 Å². The molecular weight excluding hydrogens is 370 g/mol. The first kappa shape index (κ1) is 19.9. The number of rotatable bonds is 5. The van der Waals surface area contributed by atoms with Gasteiger partial charge >= 0.3 is 11.8 Å². The molecule has 0 aromatic heterocycles. The molecule has 7 nitrogen and oxygen atoms in total. The normalized spacial score (nSPS) is 29.4. The van der Waals surface area contributed by atoms with Crippen molar-refractivity contribution in [1.82, 2.24) is 10.4 Å². The van der Waals surface area contributed by atoms with Gasteiger partial charge in [0.1, 0.15) is 0 Å². The van der Waals surface area contributed by atoms with E-state index in [1.165, 1.54) is 33.4 Å². The number of hydrogen-bond donors (Lipinski definition) is 2. The summed E-state index contributed by atoms with van der Waals surface area (Å²) < 4.78 is 0. The monoisotopic (exact) mass is 399 g/mol. The Hall–Kier alpha value is -2.41. The number of nitrogens with one attached hydrogen (secondary N) is 2. The Morgan fingerprint density at radius 2 is 1.59 bits per heavy atom. The maximum Gasteiger partial charge on any atom is 0.335 e. The maximum absolute atomic E-state index is 13.0. The lowest BCUT2D eigenvalue weighted by atomic mass is 9.49. The standard InChI is InChI=1S/C22H29N3O4/c1-25(29-2)20(27)19(26)24-18-5-3-14(4-6-18)13-23-21(28)22-10-15-7-16(11-22)9-17(8-15)12-22/h3-6,15-17H,7-13H2,1-2H3,(H,23,28)(H,24,26). The Bertz CT molecular complexity index is 769. The Labute approximate surface area is 171 Å². The smallest absolute Gasteiger partial charge is 0.335 e. The molecule has 156 valence electrons. The van der Waals surface area contributed by atoms with Crippen molar-refractivity contribution >= 4 is 23.4 Å². The predicted octanol–water partition coefficient (Wildman–Crippen LogP) is 2.48. The van der Waals surface area contributed by atoms with Crippen molar-refractivity contribution in [3.63, 3.8) is 0 Å². The topological polar surface area (TPSA) is 87.7 Å². The second-order valence-electron chi connectivity index (χ2n) is 9.02. The maximum atomic E-state index is 13.0. The highest BCUT2D eigenvalue weighted by Gasteiger charge is 2.54. The lowest BCUT2D eigenvalue weighted by Gasteiger charge is -2.55. The van der Waals surface area contributed by atoms with Gasteiger partial charge in [0.15, 0.2) is 0 Å². The molecule has 0 spiro atoms. The fraction of sp³-hybridized carbons (Fsp3) is 0.591. The van der Waals surface area contributed by atoms with Crippen molar-refractivity contribution in [3.05, 3.63) is 29.8 Å². The van der Waals surface area contributed by atoms with Crippen LogP contribution in [-0.2, 0) is 25.8 Å². The first-order valence-electron chi connectivity index (χ1n) is 10.4. The van der Waals surface area contributed by atoms with Crippen LogP contribution < -0.4 is 10.6 Å². The van der Waals surface area contributed by atoms with Crippen molar-refractivity contribution in [2.45, 2.75) is 45.1 Å². The fourth-order valence-electron chi connectivity index (χ4n) is 5.87. The Balaban J connectivity index is 1.31. The Morgan fingerprint density at radius 1 is 1.03 bits per heavy atom. The summed E-state index contributed by atoms with van der Waals surface area (Å²) in [6.07, 6.45) is 7.13. The van der Waals surface area contributed by atoms with Crippen molar-refractivity contribution in [2.24, 2.45) is 23.2 Å². The summed E-state index contributed by atoms with van der Waals surface area (Å²) in [5.41, 5.74) is 1.33. The average molecular weight is 399 g/mol. The van der Waals surface area contributed by atoms with E-state index in [9.17, 15) is 14.4 Å². The van der Waals surface area contributed by atoms with E-state index < -0.39 is 11.8 Å². The van der Waals surface area contributed by atoms with Gasteiger partial charge in [-0.15, -0.1) is 0 Å².